The molecule has 0 saturated carbocycles. The molecule has 2 aliphatic heterocycles. The van der Waals surface area contributed by atoms with Crippen LogP contribution in [0.1, 0.15) is 12.8 Å². The topological polar surface area (TPSA) is 105 Å². The fraction of sp³-hybridized carbons (Fsp3) is 0.385. The third-order valence-electron chi connectivity index (χ3n) is 6.55. The predicted molar refractivity (Wildman–Crippen MR) is 154 cm³/mol. The maximum absolute atomic E-state index is 13.6. The molecule has 0 radical (unpaired) electrons. The van der Waals surface area contributed by atoms with Crippen LogP contribution in [0.4, 0.5) is 4.79 Å². The number of morpholine rings is 1. The van der Waals surface area contributed by atoms with E-state index in [0.717, 1.165) is 17.5 Å². The van der Waals surface area contributed by atoms with Crippen molar-refractivity contribution in [3.8, 4) is 17.1 Å². The number of ether oxygens (including phenoxy) is 2. The van der Waals surface area contributed by atoms with E-state index in [1.54, 1.807) is 46.2 Å². The number of aromatic nitrogens is 2. The molecule has 2 amide bonds. The van der Waals surface area contributed by atoms with Gasteiger partial charge in [0, 0.05) is 5.02 Å². The number of halogens is 2. The number of nitrogens with zero attached hydrogens (tertiary/aromatic N) is 3. The summed E-state index contributed by atoms with van der Waals surface area (Å²) in [6.45, 7) is 2.43. The van der Waals surface area contributed by atoms with Crippen LogP contribution in [0.15, 0.2) is 41.2 Å². The van der Waals surface area contributed by atoms with Crippen LogP contribution in [0.2, 0.25) is 15.4 Å². The third kappa shape index (κ3) is 6.90. The second-order valence-electron chi connectivity index (χ2n) is 9.07. The number of amides is 2. The summed E-state index contributed by atoms with van der Waals surface area (Å²) in [6.07, 6.45) is 0.500. The SMILES string of the molecule is O=C(CCN(C(=O)Oc1ccc(Cl)cc1-c1nc2ccc(Cl)cc2c(=O)[nH]1)[C@H]1CCS[Se]C1)N1CCOCC1. The Bertz CT molecular complexity index is 1430. The summed E-state index contributed by atoms with van der Waals surface area (Å²) in [5.74, 6) is 1.38. The number of nitrogens with one attached hydrogen (secondary N) is 1. The molecule has 1 atom stereocenters. The number of benzene rings is 2. The van der Waals surface area contributed by atoms with Crippen molar-refractivity contribution in [3.05, 3.63) is 56.8 Å². The van der Waals surface area contributed by atoms with E-state index >= 15 is 0 Å². The van der Waals surface area contributed by atoms with Gasteiger partial charge in [0.1, 0.15) is 0 Å². The van der Waals surface area contributed by atoms with Crippen LogP contribution in [-0.4, -0.2) is 90.2 Å². The molecule has 2 saturated heterocycles. The number of hydrogen-bond acceptors (Lipinski definition) is 7. The van der Waals surface area contributed by atoms with Crippen LogP contribution in [0.3, 0.4) is 0 Å². The monoisotopic (exact) mass is 656 g/mol. The molecule has 0 aliphatic carbocycles. The molecule has 3 aromatic rings. The Balaban J connectivity index is 1.40. The maximum atomic E-state index is 13.6. The zero-order valence-electron chi connectivity index (χ0n) is 20.9. The molecule has 0 spiro atoms. The van der Waals surface area contributed by atoms with Gasteiger partial charge < -0.3 is 0 Å². The van der Waals surface area contributed by atoms with Crippen molar-refractivity contribution in [2.75, 3.05) is 38.6 Å². The normalized spacial score (nSPS) is 17.7. The van der Waals surface area contributed by atoms with Gasteiger partial charge in [-0.1, -0.05) is 11.6 Å². The number of rotatable bonds is 6. The first-order valence-electron chi connectivity index (χ1n) is 12.5. The molecule has 2 fully saturated rings. The zero-order valence-corrected chi connectivity index (χ0v) is 24.9. The van der Waals surface area contributed by atoms with E-state index in [1.165, 1.54) is 0 Å². The van der Waals surface area contributed by atoms with Gasteiger partial charge in [0.2, 0.25) is 0 Å². The molecule has 0 unspecified atom stereocenters. The Hall–Kier alpha value is -2.27. The van der Waals surface area contributed by atoms with Crippen LogP contribution in [0, 0.1) is 0 Å². The van der Waals surface area contributed by atoms with E-state index in [4.69, 9.17) is 32.7 Å². The average molecular weight is 656 g/mol. The third-order valence-corrected chi connectivity index (χ3v) is 11.5. The Labute approximate surface area is 244 Å². The van der Waals surface area contributed by atoms with Crippen LogP contribution >= 0.6 is 33.4 Å². The number of carbonyl (C=O) groups is 2. The van der Waals surface area contributed by atoms with Crippen molar-refractivity contribution in [2.24, 2.45) is 0 Å². The summed E-state index contributed by atoms with van der Waals surface area (Å²) in [5.41, 5.74) is 0.443. The fourth-order valence-electron chi connectivity index (χ4n) is 4.48. The summed E-state index contributed by atoms with van der Waals surface area (Å²) in [5, 5.41) is 2.05. The van der Waals surface area contributed by atoms with E-state index in [-0.39, 0.29) is 42.0 Å². The van der Waals surface area contributed by atoms with Gasteiger partial charge in [0.25, 0.3) is 0 Å². The second-order valence-corrected chi connectivity index (χ2v) is 14.5. The number of carbonyl (C=O) groups excluding carboxylic acids is 2. The standard InChI is InChI=1S/C26H26Cl2N4O5SSe/c27-16-1-3-21-19(13-16)25(34)30-24(29-21)20-14-17(28)2-4-22(20)37-26(35)32(18-6-12-38-39-15-18)7-5-23(33)31-8-10-36-11-9-31/h1-4,13-14,18H,5-12,15H2,(H,29,30,34)/t18-/m0/s1. The average Bonchev–Trinajstić information content (AvgIpc) is 2.95. The van der Waals surface area contributed by atoms with E-state index in [1.807, 2.05) is 10.2 Å². The molecule has 1 aromatic heterocycles. The Morgan fingerprint density at radius 1 is 1.18 bits per heavy atom. The van der Waals surface area contributed by atoms with Gasteiger partial charge in [0.15, 0.2) is 0 Å². The first kappa shape index (κ1) is 28.3. The second kappa shape index (κ2) is 12.9. The van der Waals surface area contributed by atoms with Gasteiger partial charge in [-0.15, -0.1) is 0 Å². The van der Waals surface area contributed by atoms with Gasteiger partial charge in [-0.3, -0.25) is 0 Å². The van der Waals surface area contributed by atoms with Crippen molar-refractivity contribution < 1.29 is 19.1 Å². The molecule has 13 heteroatoms. The van der Waals surface area contributed by atoms with E-state index in [9.17, 15) is 14.4 Å². The molecular formula is C26H26Cl2N4O5SSe. The van der Waals surface area contributed by atoms with Crippen molar-refractivity contribution in [1.82, 2.24) is 19.8 Å². The number of aromatic amines is 1. The van der Waals surface area contributed by atoms with Crippen molar-refractivity contribution in [3.63, 3.8) is 0 Å². The molecule has 1 N–H and O–H groups in total. The predicted octanol–water partition coefficient (Wildman–Crippen LogP) is 4.49. The molecule has 0 bridgehead atoms. The number of H-pyrrole nitrogens is 1. The number of fused-ring (bicyclic) bond motifs is 1. The molecule has 3 heterocycles. The van der Waals surface area contributed by atoms with E-state index in [2.05, 4.69) is 9.97 Å². The zero-order chi connectivity index (χ0) is 27.4. The van der Waals surface area contributed by atoms with Crippen LogP contribution in [0.25, 0.3) is 22.3 Å². The minimum absolute atomic E-state index is 0.00276. The quantitative estimate of drug-likeness (QED) is 0.390. The van der Waals surface area contributed by atoms with Crippen LogP contribution in [0.5, 0.6) is 5.75 Å². The van der Waals surface area contributed by atoms with Gasteiger partial charge >= 0.3 is 229 Å². The molecule has 2 aromatic carbocycles. The number of hydrogen-bond donors (Lipinski definition) is 1. The minimum atomic E-state index is -0.545. The fourth-order valence-corrected chi connectivity index (χ4v) is 9.23. The Morgan fingerprint density at radius 3 is 2.72 bits per heavy atom. The first-order chi connectivity index (χ1) is 18.9. The van der Waals surface area contributed by atoms with Crippen molar-refractivity contribution in [1.29, 1.82) is 0 Å². The Morgan fingerprint density at radius 2 is 1.95 bits per heavy atom. The first-order valence-corrected chi connectivity index (χ1v) is 17.4. The molecule has 39 heavy (non-hydrogen) atoms. The van der Waals surface area contributed by atoms with Gasteiger partial charge in [-0.05, 0) is 0 Å². The summed E-state index contributed by atoms with van der Waals surface area (Å²) in [7, 11) is 1.91. The summed E-state index contributed by atoms with van der Waals surface area (Å²) in [4.78, 5) is 50.0. The molecule has 206 valence electrons. The Kier molecular flexibility index (Phi) is 9.37. The van der Waals surface area contributed by atoms with Gasteiger partial charge in [-0.2, -0.15) is 0 Å². The molecule has 9 nitrogen and oxygen atoms in total. The summed E-state index contributed by atoms with van der Waals surface area (Å²) >= 11 is 12.7. The molecule has 5 rings (SSSR count). The van der Waals surface area contributed by atoms with E-state index < -0.39 is 6.09 Å². The summed E-state index contributed by atoms with van der Waals surface area (Å²) < 4.78 is 11.3. The molecular weight excluding hydrogens is 630 g/mol. The van der Waals surface area contributed by atoms with Crippen LogP contribution < -0.4 is 10.3 Å². The van der Waals surface area contributed by atoms with Crippen molar-refractivity contribution in [2.45, 2.75) is 24.2 Å². The van der Waals surface area contributed by atoms with Gasteiger partial charge in [-0.25, -0.2) is 0 Å². The van der Waals surface area contributed by atoms with Gasteiger partial charge in [0.05, 0.1) is 0 Å². The van der Waals surface area contributed by atoms with Crippen LogP contribution in [-0.2, 0) is 9.53 Å². The van der Waals surface area contributed by atoms with Crippen molar-refractivity contribution >= 4 is 70.1 Å². The molecule has 2 aliphatic rings. The summed E-state index contributed by atoms with van der Waals surface area (Å²) in [6, 6.07) is 9.64. The van der Waals surface area contributed by atoms with E-state index in [0.29, 0.717) is 66.7 Å².